The van der Waals surface area contributed by atoms with Crippen molar-refractivity contribution in [3.05, 3.63) is 107 Å². The highest BCUT2D eigenvalue weighted by molar-refractivity contribution is 6.31. The Balaban J connectivity index is 1.43. The standard InChI is InChI=1S/C27H23ClN4O4/c1-35-24-14-5-4-13-23(24)32-27(34)31-19-9-6-10-20(16-19)36-26-21(11-7-15-29-26)25(33)30-17-18-8-2-3-12-22(18)28/h2-16H,17H2,1H3,(H,30,33)(H2,31,32,34). The average Bonchev–Trinajstić information content (AvgIpc) is 2.89. The lowest BCUT2D eigenvalue weighted by Gasteiger charge is -2.13. The Kier molecular flexibility index (Phi) is 8.00. The highest BCUT2D eigenvalue weighted by Gasteiger charge is 2.15. The largest absolute Gasteiger partial charge is 0.495 e. The summed E-state index contributed by atoms with van der Waals surface area (Å²) in [6, 6.07) is 23.9. The Labute approximate surface area is 213 Å². The minimum atomic E-state index is -0.450. The molecule has 1 heterocycles. The Hall–Kier alpha value is -4.56. The molecule has 0 unspecified atom stereocenters. The molecule has 0 bridgehead atoms. The minimum Gasteiger partial charge on any atom is -0.495 e. The van der Waals surface area contributed by atoms with E-state index >= 15 is 0 Å². The Morgan fingerprint density at radius 1 is 0.917 bits per heavy atom. The summed E-state index contributed by atoms with van der Waals surface area (Å²) in [7, 11) is 1.53. The van der Waals surface area contributed by atoms with Crippen LogP contribution >= 0.6 is 11.6 Å². The summed E-state index contributed by atoms with van der Waals surface area (Å²) in [5.74, 6) is 0.706. The van der Waals surface area contributed by atoms with Gasteiger partial charge in [-0.15, -0.1) is 0 Å². The first-order chi connectivity index (χ1) is 17.5. The Bertz CT molecular complexity index is 1380. The van der Waals surface area contributed by atoms with Crippen molar-refractivity contribution >= 4 is 34.9 Å². The summed E-state index contributed by atoms with van der Waals surface area (Å²) < 4.78 is 11.1. The zero-order valence-corrected chi connectivity index (χ0v) is 20.1. The van der Waals surface area contributed by atoms with Crippen molar-refractivity contribution < 1.29 is 19.1 Å². The summed E-state index contributed by atoms with van der Waals surface area (Å²) in [5.41, 5.74) is 2.08. The van der Waals surface area contributed by atoms with Crippen LogP contribution in [0.2, 0.25) is 5.02 Å². The number of hydrogen-bond acceptors (Lipinski definition) is 5. The first-order valence-electron chi connectivity index (χ1n) is 11.0. The number of amides is 3. The van der Waals surface area contributed by atoms with Crippen LogP contribution in [0.5, 0.6) is 17.4 Å². The number of ether oxygens (including phenoxy) is 2. The second-order valence-corrected chi connectivity index (χ2v) is 7.95. The number of pyridine rings is 1. The normalized spacial score (nSPS) is 10.3. The van der Waals surface area contributed by atoms with Gasteiger partial charge in [-0.3, -0.25) is 4.79 Å². The molecule has 0 radical (unpaired) electrons. The van der Waals surface area contributed by atoms with Crippen molar-refractivity contribution in [2.45, 2.75) is 6.54 Å². The van der Waals surface area contributed by atoms with E-state index in [0.29, 0.717) is 27.9 Å². The van der Waals surface area contributed by atoms with Crippen LogP contribution in [0.25, 0.3) is 0 Å². The zero-order chi connectivity index (χ0) is 25.3. The Morgan fingerprint density at radius 2 is 1.72 bits per heavy atom. The van der Waals surface area contributed by atoms with Crippen LogP contribution in [-0.2, 0) is 6.54 Å². The second kappa shape index (κ2) is 11.7. The number of carbonyl (C=O) groups excluding carboxylic acids is 2. The number of nitrogens with zero attached hydrogens (tertiary/aromatic N) is 1. The SMILES string of the molecule is COc1ccccc1NC(=O)Nc1cccc(Oc2ncccc2C(=O)NCc2ccccc2Cl)c1. The fourth-order valence-electron chi connectivity index (χ4n) is 3.34. The highest BCUT2D eigenvalue weighted by atomic mass is 35.5. The molecule has 0 atom stereocenters. The van der Waals surface area contributed by atoms with E-state index in [9.17, 15) is 9.59 Å². The van der Waals surface area contributed by atoms with Crippen molar-refractivity contribution in [2.24, 2.45) is 0 Å². The molecular weight excluding hydrogens is 480 g/mol. The van der Waals surface area contributed by atoms with Gasteiger partial charge in [-0.25, -0.2) is 9.78 Å². The van der Waals surface area contributed by atoms with Gasteiger partial charge >= 0.3 is 6.03 Å². The number of carbonyl (C=O) groups is 2. The van der Waals surface area contributed by atoms with Gasteiger partial charge in [0.15, 0.2) is 0 Å². The van der Waals surface area contributed by atoms with Gasteiger partial charge in [0.05, 0.1) is 12.8 Å². The van der Waals surface area contributed by atoms with E-state index in [4.69, 9.17) is 21.1 Å². The van der Waals surface area contributed by atoms with Crippen molar-refractivity contribution in [2.75, 3.05) is 17.7 Å². The number of nitrogens with one attached hydrogen (secondary N) is 3. The van der Waals surface area contributed by atoms with Gasteiger partial charge in [-0.05, 0) is 48.0 Å². The maximum absolute atomic E-state index is 12.8. The zero-order valence-electron chi connectivity index (χ0n) is 19.3. The molecular formula is C27H23ClN4O4. The summed E-state index contributed by atoms with van der Waals surface area (Å²) in [4.78, 5) is 29.5. The van der Waals surface area contributed by atoms with Gasteiger partial charge in [-0.2, -0.15) is 0 Å². The molecule has 0 aliphatic rings. The maximum Gasteiger partial charge on any atom is 0.323 e. The third-order valence-electron chi connectivity index (χ3n) is 5.07. The topological polar surface area (TPSA) is 102 Å². The van der Waals surface area contributed by atoms with Crippen LogP contribution in [0, 0.1) is 0 Å². The number of hydrogen-bond donors (Lipinski definition) is 3. The van der Waals surface area contributed by atoms with Crippen LogP contribution in [0.4, 0.5) is 16.2 Å². The van der Waals surface area contributed by atoms with E-state index in [1.54, 1.807) is 60.7 Å². The number of para-hydroxylation sites is 2. The molecule has 0 saturated carbocycles. The molecule has 3 amide bonds. The fraction of sp³-hybridized carbons (Fsp3) is 0.0741. The minimum absolute atomic E-state index is 0.129. The van der Waals surface area contributed by atoms with Crippen molar-refractivity contribution in [3.8, 4) is 17.4 Å². The number of halogens is 1. The third kappa shape index (κ3) is 6.31. The highest BCUT2D eigenvalue weighted by Crippen LogP contribution is 2.27. The van der Waals surface area contributed by atoms with E-state index in [0.717, 1.165) is 5.56 Å². The van der Waals surface area contributed by atoms with E-state index in [2.05, 4.69) is 20.9 Å². The molecule has 0 fully saturated rings. The molecule has 4 rings (SSSR count). The molecule has 0 aliphatic carbocycles. The predicted molar refractivity (Wildman–Crippen MR) is 139 cm³/mol. The van der Waals surface area contributed by atoms with E-state index < -0.39 is 6.03 Å². The van der Waals surface area contributed by atoms with Gasteiger partial charge in [0.25, 0.3) is 5.91 Å². The number of urea groups is 1. The summed E-state index contributed by atoms with van der Waals surface area (Å²) in [5, 5.41) is 8.90. The molecule has 4 aromatic rings. The van der Waals surface area contributed by atoms with E-state index in [1.165, 1.54) is 13.3 Å². The monoisotopic (exact) mass is 502 g/mol. The molecule has 1 aromatic heterocycles. The van der Waals surface area contributed by atoms with Gasteiger partial charge in [0, 0.05) is 29.5 Å². The summed E-state index contributed by atoms with van der Waals surface area (Å²) in [6.45, 7) is 0.257. The van der Waals surface area contributed by atoms with Gasteiger partial charge in [0.1, 0.15) is 17.1 Å². The summed E-state index contributed by atoms with van der Waals surface area (Å²) >= 11 is 6.17. The lowest BCUT2D eigenvalue weighted by molar-refractivity contribution is 0.0948. The molecule has 0 spiro atoms. The quantitative estimate of drug-likeness (QED) is 0.270. The molecule has 8 nitrogen and oxygen atoms in total. The van der Waals surface area contributed by atoms with Crippen LogP contribution in [0.15, 0.2) is 91.1 Å². The van der Waals surface area contributed by atoms with E-state index in [1.807, 2.05) is 24.3 Å². The number of aromatic nitrogens is 1. The number of methoxy groups -OCH3 is 1. The lowest BCUT2D eigenvalue weighted by atomic mass is 10.2. The molecule has 0 saturated heterocycles. The first kappa shape index (κ1) is 24.6. The number of rotatable bonds is 8. The lowest BCUT2D eigenvalue weighted by Crippen LogP contribution is -2.23. The maximum atomic E-state index is 12.8. The Morgan fingerprint density at radius 3 is 2.56 bits per heavy atom. The van der Waals surface area contributed by atoms with Crippen molar-refractivity contribution in [1.82, 2.24) is 10.3 Å². The summed E-state index contributed by atoms with van der Waals surface area (Å²) in [6.07, 6.45) is 1.53. The number of benzene rings is 3. The fourth-order valence-corrected chi connectivity index (χ4v) is 3.54. The van der Waals surface area contributed by atoms with Crippen LogP contribution < -0.4 is 25.4 Å². The van der Waals surface area contributed by atoms with Crippen LogP contribution in [0.1, 0.15) is 15.9 Å². The van der Waals surface area contributed by atoms with Gasteiger partial charge < -0.3 is 25.4 Å². The molecule has 0 aliphatic heterocycles. The predicted octanol–water partition coefficient (Wildman–Crippen LogP) is 6.11. The third-order valence-corrected chi connectivity index (χ3v) is 5.44. The first-order valence-corrected chi connectivity index (χ1v) is 11.4. The van der Waals surface area contributed by atoms with Crippen molar-refractivity contribution in [1.29, 1.82) is 0 Å². The molecule has 3 N–H and O–H groups in total. The van der Waals surface area contributed by atoms with Gasteiger partial charge in [0.2, 0.25) is 5.88 Å². The molecule has 3 aromatic carbocycles. The van der Waals surface area contributed by atoms with Crippen LogP contribution in [0.3, 0.4) is 0 Å². The molecule has 182 valence electrons. The smallest absolute Gasteiger partial charge is 0.323 e. The second-order valence-electron chi connectivity index (χ2n) is 7.54. The van der Waals surface area contributed by atoms with Crippen LogP contribution in [-0.4, -0.2) is 24.0 Å². The molecule has 9 heteroatoms. The van der Waals surface area contributed by atoms with Gasteiger partial charge in [-0.1, -0.05) is 48.0 Å². The van der Waals surface area contributed by atoms with E-state index in [-0.39, 0.29) is 23.9 Å². The van der Waals surface area contributed by atoms with Crippen molar-refractivity contribution in [3.63, 3.8) is 0 Å². The average molecular weight is 503 g/mol. The number of anilines is 2. The molecule has 36 heavy (non-hydrogen) atoms.